The highest BCUT2D eigenvalue weighted by Gasteiger charge is 2.42. The van der Waals surface area contributed by atoms with Crippen LogP contribution in [-0.4, -0.2) is 37.6 Å². The lowest BCUT2D eigenvalue weighted by Crippen LogP contribution is -2.15. The molecular weight excluding hydrogens is 232 g/mol. The number of aliphatic hydroxyl groups excluding tert-OH is 1. The van der Waals surface area contributed by atoms with Crippen molar-refractivity contribution in [2.75, 3.05) is 20.3 Å². The second-order valence-electron chi connectivity index (χ2n) is 4.66. The first-order chi connectivity index (χ1) is 8.74. The van der Waals surface area contributed by atoms with Crippen LogP contribution in [0.1, 0.15) is 12.5 Å². The van der Waals surface area contributed by atoms with E-state index in [9.17, 15) is 0 Å². The van der Waals surface area contributed by atoms with E-state index < -0.39 is 0 Å². The van der Waals surface area contributed by atoms with Crippen LogP contribution >= 0.6 is 0 Å². The van der Waals surface area contributed by atoms with Gasteiger partial charge in [0.15, 0.2) is 0 Å². The lowest BCUT2D eigenvalue weighted by molar-refractivity contribution is 0.0824. The first kappa shape index (κ1) is 13.3. The monoisotopic (exact) mass is 252 g/mol. The molecule has 1 aromatic rings. The van der Waals surface area contributed by atoms with Gasteiger partial charge in [0.25, 0.3) is 0 Å². The first-order valence-corrected chi connectivity index (χ1v) is 6.21. The largest absolute Gasteiger partial charge is 0.497 e. The van der Waals surface area contributed by atoms with Gasteiger partial charge in [-0.1, -0.05) is 19.1 Å². The summed E-state index contributed by atoms with van der Waals surface area (Å²) in [6.45, 7) is 3.42. The molecule has 0 radical (unpaired) electrons. The topological polar surface area (TPSA) is 51.2 Å². The predicted octanol–water partition coefficient (Wildman–Crippen LogP) is 1.61. The maximum absolute atomic E-state index is 8.90. The van der Waals surface area contributed by atoms with Crippen molar-refractivity contribution in [1.82, 2.24) is 0 Å². The van der Waals surface area contributed by atoms with E-state index in [0.717, 1.165) is 11.3 Å². The Morgan fingerprint density at radius 3 is 2.61 bits per heavy atom. The van der Waals surface area contributed by atoms with Gasteiger partial charge >= 0.3 is 0 Å². The van der Waals surface area contributed by atoms with Gasteiger partial charge in [0.1, 0.15) is 11.9 Å². The van der Waals surface area contributed by atoms with Crippen molar-refractivity contribution in [1.29, 1.82) is 0 Å². The zero-order valence-electron chi connectivity index (χ0n) is 10.8. The van der Waals surface area contributed by atoms with E-state index in [2.05, 4.69) is 6.92 Å². The lowest BCUT2D eigenvalue weighted by Gasteiger charge is -2.10. The Labute approximate surface area is 107 Å². The molecule has 0 spiro atoms. The van der Waals surface area contributed by atoms with Gasteiger partial charge in [0, 0.05) is 5.92 Å². The molecule has 1 aliphatic heterocycles. The number of hydrogen-bond acceptors (Lipinski definition) is 4. The molecule has 2 rings (SSSR count). The van der Waals surface area contributed by atoms with Crippen LogP contribution in [0.4, 0.5) is 0 Å². The molecule has 0 amide bonds. The fraction of sp³-hybridized carbons (Fsp3) is 0.571. The van der Waals surface area contributed by atoms with Crippen LogP contribution in [0, 0.1) is 5.92 Å². The Hall–Kier alpha value is -1.10. The van der Waals surface area contributed by atoms with E-state index in [0.29, 0.717) is 19.1 Å². The molecule has 4 heteroatoms. The zero-order chi connectivity index (χ0) is 13.0. The highest BCUT2D eigenvalue weighted by molar-refractivity contribution is 5.26. The van der Waals surface area contributed by atoms with Crippen molar-refractivity contribution in [3.63, 3.8) is 0 Å². The van der Waals surface area contributed by atoms with Crippen molar-refractivity contribution in [3.05, 3.63) is 29.8 Å². The molecule has 1 aromatic carbocycles. The highest BCUT2D eigenvalue weighted by atomic mass is 16.6. The van der Waals surface area contributed by atoms with E-state index in [1.54, 1.807) is 7.11 Å². The van der Waals surface area contributed by atoms with Crippen LogP contribution in [0.5, 0.6) is 5.75 Å². The number of aliphatic hydroxyl groups is 1. The Balaban J connectivity index is 1.68. The average Bonchev–Trinajstić information content (AvgIpc) is 3.19. The maximum Gasteiger partial charge on any atom is 0.118 e. The van der Waals surface area contributed by atoms with Gasteiger partial charge in [-0.15, -0.1) is 0 Å². The molecule has 0 saturated carbocycles. The molecule has 4 nitrogen and oxygen atoms in total. The highest BCUT2D eigenvalue weighted by Crippen LogP contribution is 2.29. The molecule has 0 bridgehead atoms. The van der Waals surface area contributed by atoms with Gasteiger partial charge < -0.3 is 19.3 Å². The van der Waals surface area contributed by atoms with E-state index in [1.165, 1.54) is 0 Å². The zero-order valence-corrected chi connectivity index (χ0v) is 10.8. The Kier molecular flexibility index (Phi) is 4.58. The van der Waals surface area contributed by atoms with Crippen molar-refractivity contribution in [2.45, 2.75) is 25.7 Å². The van der Waals surface area contributed by atoms with E-state index in [-0.39, 0.29) is 18.8 Å². The summed E-state index contributed by atoms with van der Waals surface area (Å²) in [6, 6.07) is 7.84. The van der Waals surface area contributed by atoms with Gasteiger partial charge in [-0.05, 0) is 17.7 Å². The van der Waals surface area contributed by atoms with Crippen molar-refractivity contribution in [2.24, 2.45) is 5.92 Å². The summed E-state index contributed by atoms with van der Waals surface area (Å²) in [4.78, 5) is 0. The standard InChI is InChI=1S/C14H20O4/c1-10(14-13(7-15)18-14)8-17-9-11-3-5-12(16-2)6-4-11/h3-6,10,13-15H,7-9H2,1-2H3/t10-,13+,14+/m0/s1. The minimum absolute atomic E-state index is 0.0181. The first-order valence-electron chi connectivity index (χ1n) is 6.21. The molecule has 3 atom stereocenters. The molecule has 1 N–H and O–H groups in total. The van der Waals surface area contributed by atoms with Gasteiger partial charge in [-0.25, -0.2) is 0 Å². The van der Waals surface area contributed by atoms with Gasteiger partial charge in [-0.3, -0.25) is 0 Å². The summed E-state index contributed by atoms with van der Waals surface area (Å²) >= 11 is 0. The molecule has 0 aliphatic carbocycles. The summed E-state index contributed by atoms with van der Waals surface area (Å²) in [7, 11) is 1.65. The Morgan fingerprint density at radius 1 is 1.33 bits per heavy atom. The number of methoxy groups -OCH3 is 1. The third-order valence-corrected chi connectivity index (χ3v) is 3.17. The maximum atomic E-state index is 8.90. The Morgan fingerprint density at radius 2 is 2.06 bits per heavy atom. The SMILES string of the molecule is COc1ccc(COC[C@H](C)[C@H]2O[C@@H]2CO)cc1. The normalized spacial score (nSPS) is 23.7. The van der Waals surface area contributed by atoms with Crippen LogP contribution < -0.4 is 4.74 Å². The van der Waals surface area contributed by atoms with E-state index in [1.807, 2.05) is 24.3 Å². The summed E-state index contributed by atoms with van der Waals surface area (Å²) in [5.41, 5.74) is 1.12. The molecule has 0 aromatic heterocycles. The van der Waals surface area contributed by atoms with E-state index in [4.69, 9.17) is 19.3 Å². The van der Waals surface area contributed by atoms with Crippen LogP contribution in [0.15, 0.2) is 24.3 Å². The summed E-state index contributed by atoms with van der Waals surface area (Å²) in [5, 5.41) is 8.90. The molecule has 1 aliphatic rings. The fourth-order valence-corrected chi connectivity index (χ4v) is 1.98. The summed E-state index contributed by atoms with van der Waals surface area (Å²) in [5.74, 6) is 1.17. The average molecular weight is 252 g/mol. The van der Waals surface area contributed by atoms with Crippen LogP contribution in [-0.2, 0) is 16.1 Å². The number of benzene rings is 1. The second kappa shape index (κ2) is 6.18. The molecule has 18 heavy (non-hydrogen) atoms. The molecule has 100 valence electrons. The van der Waals surface area contributed by atoms with Crippen molar-refractivity contribution in [3.8, 4) is 5.75 Å². The minimum atomic E-state index is 0.0181. The summed E-state index contributed by atoms with van der Waals surface area (Å²) in [6.07, 6.45) is 0.176. The van der Waals surface area contributed by atoms with Crippen LogP contribution in [0.3, 0.4) is 0 Å². The number of rotatable bonds is 7. The minimum Gasteiger partial charge on any atom is -0.497 e. The van der Waals surface area contributed by atoms with Crippen LogP contribution in [0.25, 0.3) is 0 Å². The fourth-order valence-electron chi connectivity index (χ4n) is 1.98. The van der Waals surface area contributed by atoms with Gasteiger partial charge in [-0.2, -0.15) is 0 Å². The quantitative estimate of drug-likeness (QED) is 0.749. The smallest absolute Gasteiger partial charge is 0.118 e. The van der Waals surface area contributed by atoms with Gasteiger partial charge in [0.2, 0.25) is 0 Å². The second-order valence-corrected chi connectivity index (χ2v) is 4.66. The number of ether oxygens (including phenoxy) is 3. The van der Waals surface area contributed by atoms with Crippen LogP contribution in [0.2, 0.25) is 0 Å². The predicted molar refractivity (Wildman–Crippen MR) is 67.6 cm³/mol. The molecule has 1 heterocycles. The molecule has 1 saturated heterocycles. The molecular formula is C14H20O4. The molecule has 1 fully saturated rings. The van der Waals surface area contributed by atoms with Crippen molar-refractivity contribution >= 4 is 0 Å². The lowest BCUT2D eigenvalue weighted by atomic mass is 10.1. The third kappa shape index (κ3) is 3.45. The van der Waals surface area contributed by atoms with Crippen molar-refractivity contribution < 1.29 is 19.3 Å². The number of epoxide rings is 1. The third-order valence-electron chi connectivity index (χ3n) is 3.17. The molecule has 0 unspecified atom stereocenters. The van der Waals surface area contributed by atoms with Gasteiger partial charge in [0.05, 0.1) is 33.0 Å². The Bertz CT molecular complexity index is 363. The number of hydrogen-bond donors (Lipinski definition) is 1. The summed E-state index contributed by atoms with van der Waals surface area (Å²) < 4.78 is 16.1. The van der Waals surface area contributed by atoms with E-state index >= 15 is 0 Å².